The topological polar surface area (TPSA) is 26.3 Å². The lowest BCUT2D eigenvalue weighted by Crippen LogP contribution is -2.05. The van der Waals surface area contributed by atoms with Crippen LogP contribution in [-0.4, -0.2) is 0 Å². The third kappa shape index (κ3) is 3.06. The maximum atomic E-state index is 6.50. The van der Waals surface area contributed by atoms with Crippen molar-refractivity contribution < 1.29 is 8.83 Å². The Morgan fingerprint density at radius 2 is 1.26 bits per heavy atom. The quantitative estimate of drug-likeness (QED) is 0.533. The molecule has 0 saturated carbocycles. The molecule has 0 N–H and O–H groups in total. The molecule has 3 rings (SSSR count). The summed E-state index contributed by atoms with van der Waals surface area (Å²) in [5.41, 5.74) is 3.18. The van der Waals surface area contributed by atoms with Gasteiger partial charge in [-0.2, -0.15) is 0 Å². The highest BCUT2D eigenvalue weighted by Crippen LogP contribution is 2.41. The first-order chi connectivity index (χ1) is 10.9. The van der Waals surface area contributed by atoms with Crippen molar-refractivity contribution >= 4 is 23.2 Å². The highest BCUT2D eigenvalue weighted by molar-refractivity contribution is 6.35. The van der Waals surface area contributed by atoms with E-state index >= 15 is 0 Å². The summed E-state index contributed by atoms with van der Waals surface area (Å²) in [7, 11) is 0. The summed E-state index contributed by atoms with van der Waals surface area (Å²) in [5.74, 6) is 3.49. The fourth-order valence-corrected chi connectivity index (χ4v) is 3.63. The van der Waals surface area contributed by atoms with Gasteiger partial charge >= 0.3 is 0 Å². The van der Waals surface area contributed by atoms with Crippen LogP contribution in [-0.2, 0) is 0 Å². The van der Waals surface area contributed by atoms with Gasteiger partial charge in [-0.05, 0) is 57.5 Å². The van der Waals surface area contributed by atoms with Gasteiger partial charge in [0.25, 0.3) is 0 Å². The van der Waals surface area contributed by atoms with Crippen molar-refractivity contribution in [2.45, 2.75) is 33.6 Å². The van der Waals surface area contributed by atoms with E-state index in [9.17, 15) is 0 Å². The number of rotatable bonds is 3. The fraction of sp³-hybridized carbons (Fsp3) is 0.263. The van der Waals surface area contributed by atoms with Crippen LogP contribution in [0.4, 0.5) is 0 Å². The molecule has 4 heteroatoms. The molecule has 0 unspecified atom stereocenters. The molecule has 0 aliphatic carbocycles. The zero-order valence-electron chi connectivity index (χ0n) is 13.5. The van der Waals surface area contributed by atoms with Crippen molar-refractivity contribution in [3.63, 3.8) is 0 Å². The largest absolute Gasteiger partial charge is 0.466 e. The predicted molar refractivity (Wildman–Crippen MR) is 93.8 cm³/mol. The SMILES string of the molecule is Cc1cc(C(c2ccc(Cl)cc2Cl)c2cc(C)oc2C)c(C)o1. The van der Waals surface area contributed by atoms with Crippen LogP contribution in [0.15, 0.2) is 39.2 Å². The normalized spacial score (nSPS) is 11.4. The first-order valence-electron chi connectivity index (χ1n) is 7.45. The van der Waals surface area contributed by atoms with Crippen LogP contribution in [0.3, 0.4) is 0 Å². The zero-order chi connectivity index (χ0) is 16.7. The van der Waals surface area contributed by atoms with Gasteiger partial charge < -0.3 is 8.83 Å². The maximum Gasteiger partial charge on any atom is 0.105 e. The molecule has 0 aliphatic rings. The van der Waals surface area contributed by atoms with Gasteiger partial charge in [0.15, 0.2) is 0 Å². The lowest BCUT2D eigenvalue weighted by molar-refractivity contribution is 0.496. The molecule has 0 spiro atoms. The average Bonchev–Trinajstić information content (AvgIpc) is 2.95. The molecular formula is C19H18Cl2O2. The Labute approximate surface area is 146 Å². The zero-order valence-corrected chi connectivity index (χ0v) is 15.0. The van der Waals surface area contributed by atoms with Crippen molar-refractivity contribution in [2.24, 2.45) is 0 Å². The van der Waals surface area contributed by atoms with Gasteiger partial charge in [0.05, 0.1) is 0 Å². The van der Waals surface area contributed by atoms with E-state index in [1.165, 1.54) is 0 Å². The summed E-state index contributed by atoms with van der Waals surface area (Å²) < 4.78 is 11.5. The fourth-order valence-electron chi connectivity index (χ4n) is 3.11. The second kappa shape index (κ2) is 6.10. The highest BCUT2D eigenvalue weighted by Gasteiger charge is 2.26. The van der Waals surface area contributed by atoms with E-state index in [1.807, 2.05) is 39.8 Å². The number of halogens is 2. The molecule has 23 heavy (non-hydrogen) atoms. The smallest absolute Gasteiger partial charge is 0.105 e. The number of hydrogen-bond donors (Lipinski definition) is 0. The van der Waals surface area contributed by atoms with Crippen LogP contribution in [0.25, 0.3) is 0 Å². The van der Waals surface area contributed by atoms with Crippen molar-refractivity contribution in [3.8, 4) is 0 Å². The minimum Gasteiger partial charge on any atom is -0.466 e. The van der Waals surface area contributed by atoms with Gasteiger partial charge in [-0.15, -0.1) is 0 Å². The summed E-state index contributed by atoms with van der Waals surface area (Å²) in [4.78, 5) is 0. The van der Waals surface area contributed by atoms with Crippen LogP contribution >= 0.6 is 23.2 Å². The Morgan fingerprint density at radius 3 is 1.65 bits per heavy atom. The first-order valence-corrected chi connectivity index (χ1v) is 8.21. The third-order valence-electron chi connectivity index (χ3n) is 4.05. The third-order valence-corrected chi connectivity index (χ3v) is 4.62. The van der Waals surface area contributed by atoms with Crippen molar-refractivity contribution in [1.29, 1.82) is 0 Å². The van der Waals surface area contributed by atoms with Gasteiger partial charge in [-0.3, -0.25) is 0 Å². The minimum absolute atomic E-state index is 0.0466. The van der Waals surface area contributed by atoms with Crippen LogP contribution < -0.4 is 0 Å². The second-order valence-electron chi connectivity index (χ2n) is 5.84. The molecule has 0 aliphatic heterocycles. The van der Waals surface area contributed by atoms with Crippen molar-refractivity contribution in [1.82, 2.24) is 0 Å². The van der Waals surface area contributed by atoms with Gasteiger partial charge in [-0.25, -0.2) is 0 Å². The molecule has 1 aromatic carbocycles. The summed E-state index contributed by atoms with van der Waals surface area (Å²) >= 11 is 12.6. The standard InChI is InChI=1S/C19H18Cl2O2/c1-10-7-16(12(3)22-10)19(17-8-11(2)23-13(17)4)15-6-5-14(20)9-18(15)21/h5-9,19H,1-4H3. The molecular weight excluding hydrogens is 331 g/mol. The molecule has 2 heterocycles. The van der Waals surface area contributed by atoms with Gasteiger partial charge in [0.1, 0.15) is 23.0 Å². The Bertz CT molecular complexity index is 812. The Kier molecular flexibility index (Phi) is 4.31. The first kappa shape index (κ1) is 16.2. The Balaban J connectivity index is 2.26. The average molecular weight is 349 g/mol. The molecule has 0 atom stereocenters. The Hall–Kier alpha value is -1.64. The van der Waals surface area contributed by atoms with Crippen LogP contribution in [0.5, 0.6) is 0 Å². The second-order valence-corrected chi connectivity index (χ2v) is 6.68. The maximum absolute atomic E-state index is 6.50. The van der Waals surface area contributed by atoms with Gasteiger partial charge in [-0.1, -0.05) is 29.3 Å². The van der Waals surface area contributed by atoms with E-state index in [0.717, 1.165) is 39.7 Å². The number of aryl methyl sites for hydroxylation is 4. The van der Waals surface area contributed by atoms with E-state index in [-0.39, 0.29) is 5.92 Å². The molecule has 0 fully saturated rings. The molecule has 120 valence electrons. The number of furan rings is 2. The van der Waals surface area contributed by atoms with Crippen LogP contribution in [0.1, 0.15) is 45.6 Å². The Morgan fingerprint density at radius 1 is 0.739 bits per heavy atom. The summed E-state index contributed by atoms with van der Waals surface area (Å²) in [6, 6.07) is 9.73. The molecule has 0 amide bonds. The van der Waals surface area contributed by atoms with Gasteiger partial charge in [0, 0.05) is 27.1 Å². The van der Waals surface area contributed by atoms with E-state index in [1.54, 1.807) is 6.07 Å². The molecule has 0 saturated heterocycles. The molecule has 0 bridgehead atoms. The molecule has 3 aromatic rings. The summed E-state index contributed by atoms with van der Waals surface area (Å²) in [6.45, 7) is 7.85. The number of benzene rings is 1. The lowest BCUT2D eigenvalue weighted by atomic mass is 9.85. The monoisotopic (exact) mass is 348 g/mol. The predicted octanol–water partition coefficient (Wildman–Crippen LogP) is 6.59. The minimum atomic E-state index is -0.0466. The number of hydrogen-bond acceptors (Lipinski definition) is 2. The summed E-state index contributed by atoms with van der Waals surface area (Å²) in [6.07, 6.45) is 0. The molecule has 2 aromatic heterocycles. The van der Waals surface area contributed by atoms with Gasteiger partial charge in [0.2, 0.25) is 0 Å². The lowest BCUT2D eigenvalue weighted by Gasteiger charge is -2.18. The van der Waals surface area contributed by atoms with Crippen LogP contribution in [0.2, 0.25) is 10.0 Å². The van der Waals surface area contributed by atoms with E-state index in [4.69, 9.17) is 32.0 Å². The highest BCUT2D eigenvalue weighted by atomic mass is 35.5. The van der Waals surface area contributed by atoms with E-state index in [0.29, 0.717) is 10.0 Å². The van der Waals surface area contributed by atoms with E-state index < -0.39 is 0 Å². The molecule has 2 nitrogen and oxygen atoms in total. The summed E-state index contributed by atoms with van der Waals surface area (Å²) in [5, 5.41) is 1.26. The van der Waals surface area contributed by atoms with Crippen molar-refractivity contribution in [3.05, 3.63) is 80.1 Å². The van der Waals surface area contributed by atoms with E-state index in [2.05, 4.69) is 12.1 Å². The van der Waals surface area contributed by atoms with Crippen LogP contribution in [0, 0.1) is 27.7 Å². The van der Waals surface area contributed by atoms with Crippen molar-refractivity contribution in [2.75, 3.05) is 0 Å². The molecule has 0 radical (unpaired) electrons.